The molecule has 0 radical (unpaired) electrons. The highest BCUT2D eigenvalue weighted by Gasteiger charge is 2.32. The van der Waals surface area contributed by atoms with Crippen molar-refractivity contribution in [2.45, 2.75) is 26.4 Å². The van der Waals surface area contributed by atoms with Crippen LogP contribution in [0.1, 0.15) is 29.8 Å². The SMILES string of the molecule is CC(C)[C@H]1CN(Cc2ccc(F)cc2)CCN1C(=O)c1ccc(N)cc1. The monoisotopic (exact) mass is 355 g/mol. The van der Waals surface area contributed by atoms with E-state index < -0.39 is 0 Å². The number of nitrogens with two attached hydrogens (primary N) is 1. The molecular formula is C21H26FN3O. The van der Waals surface area contributed by atoms with E-state index in [1.807, 2.05) is 17.0 Å². The predicted molar refractivity (Wildman–Crippen MR) is 102 cm³/mol. The van der Waals surface area contributed by atoms with E-state index in [4.69, 9.17) is 5.73 Å². The zero-order valence-corrected chi connectivity index (χ0v) is 15.4. The van der Waals surface area contributed by atoms with Crippen LogP contribution in [0, 0.1) is 11.7 Å². The number of nitrogen functional groups attached to an aromatic ring is 1. The third-order valence-corrected chi connectivity index (χ3v) is 5.01. The van der Waals surface area contributed by atoms with Gasteiger partial charge in [-0.3, -0.25) is 9.69 Å². The maximum absolute atomic E-state index is 13.1. The van der Waals surface area contributed by atoms with Gasteiger partial charge in [0.25, 0.3) is 5.91 Å². The summed E-state index contributed by atoms with van der Waals surface area (Å²) in [5, 5.41) is 0. The van der Waals surface area contributed by atoms with Crippen LogP contribution in [0.15, 0.2) is 48.5 Å². The molecule has 1 aliphatic heterocycles. The number of hydrogen-bond acceptors (Lipinski definition) is 3. The molecule has 0 unspecified atom stereocenters. The predicted octanol–water partition coefficient (Wildman–Crippen LogP) is 3.39. The molecule has 138 valence electrons. The Hall–Kier alpha value is -2.40. The minimum atomic E-state index is -0.215. The maximum Gasteiger partial charge on any atom is 0.254 e. The topological polar surface area (TPSA) is 49.6 Å². The summed E-state index contributed by atoms with van der Waals surface area (Å²) in [4.78, 5) is 17.3. The molecule has 2 aromatic carbocycles. The van der Waals surface area contributed by atoms with E-state index in [9.17, 15) is 9.18 Å². The van der Waals surface area contributed by atoms with Crippen molar-refractivity contribution in [1.82, 2.24) is 9.80 Å². The van der Waals surface area contributed by atoms with Crippen LogP contribution < -0.4 is 5.73 Å². The van der Waals surface area contributed by atoms with E-state index >= 15 is 0 Å². The maximum atomic E-state index is 13.1. The Balaban J connectivity index is 1.70. The van der Waals surface area contributed by atoms with Crippen molar-refractivity contribution in [3.63, 3.8) is 0 Å². The molecule has 4 nitrogen and oxygen atoms in total. The summed E-state index contributed by atoms with van der Waals surface area (Å²) in [7, 11) is 0. The van der Waals surface area contributed by atoms with Gasteiger partial charge in [-0.2, -0.15) is 0 Å². The van der Waals surface area contributed by atoms with Crippen LogP contribution >= 0.6 is 0 Å². The summed E-state index contributed by atoms with van der Waals surface area (Å²) in [5.74, 6) is 0.196. The number of carbonyl (C=O) groups is 1. The number of amides is 1. The Morgan fingerprint density at radius 1 is 1.12 bits per heavy atom. The first kappa shape index (κ1) is 18.4. The van der Waals surface area contributed by atoms with E-state index in [1.54, 1.807) is 24.3 Å². The molecular weight excluding hydrogens is 329 g/mol. The van der Waals surface area contributed by atoms with Crippen molar-refractivity contribution < 1.29 is 9.18 Å². The Bertz CT molecular complexity index is 743. The molecule has 3 rings (SSSR count). The molecule has 2 aromatic rings. The molecule has 1 amide bonds. The van der Waals surface area contributed by atoms with Crippen molar-refractivity contribution in [1.29, 1.82) is 0 Å². The summed E-state index contributed by atoms with van der Waals surface area (Å²) in [5.41, 5.74) is 8.15. The van der Waals surface area contributed by atoms with Gasteiger partial charge >= 0.3 is 0 Å². The second kappa shape index (κ2) is 7.87. The van der Waals surface area contributed by atoms with Gasteiger partial charge in [0.15, 0.2) is 0 Å². The third kappa shape index (κ3) is 4.22. The van der Waals surface area contributed by atoms with Gasteiger partial charge in [-0.05, 0) is 47.9 Å². The average Bonchev–Trinajstić information content (AvgIpc) is 2.63. The number of carbonyl (C=O) groups excluding carboxylic acids is 1. The summed E-state index contributed by atoms with van der Waals surface area (Å²) in [6.45, 7) is 7.38. The van der Waals surface area contributed by atoms with Crippen LogP contribution in [0.5, 0.6) is 0 Å². The fourth-order valence-corrected chi connectivity index (χ4v) is 3.48. The Kier molecular flexibility index (Phi) is 5.57. The van der Waals surface area contributed by atoms with Crippen LogP contribution in [0.3, 0.4) is 0 Å². The number of hydrogen-bond donors (Lipinski definition) is 1. The largest absolute Gasteiger partial charge is 0.399 e. The van der Waals surface area contributed by atoms with E-state index in [-0.39, 0.29) is 17.8 Å². The van der Waals surface area contributed by atoms with Crippen molar-refractivity contribution in [3.05, 3.63) is 65.5 Å². The van der Waals surface area contributed by atoms with Crippen molar-refractivity contribution in [2.24, 2.45) is 5.92 Å². The number of benzene rings is 2. The van der Waals surface area contributed by atoms with Gasteiger partial charge in [-0.25, -0.2) is 4.39 Å². The Morgan fingerprint density at radius 2 is 1.77 bits per heavy atom. The Labute approximate surface area is 154 Å². The molecule has 1 aliphatic rings. The second-order valence-corrected chi connectivity index (χ2v) is 7.29. The highest BCUT2D eigenvalue weighted by atomic mass is 19.1. The summed E-state index contributed by atoms with van der Waals surface area (Å²) < 4.78 is 13.1. The standard InChI is InChI=1S/C21H26FN3O/c1-15(2)20-14-24(13-16-3-7-18(22)8-4-16)11-12-25(20)21(26)17-5-9-19(23)10-6-17/h3-10,15,20H,11-14,23H2,1-2H3/t20-/m1/s1. The lowest BCUT2D eigenvalue weighted by Crippen LogP contribution is -2.56. The second-order valence-electron chi connectivity index (χ2n) is 7.29. The summed E-state index contributed by atoms with van der Waals surface area (Å²) in [6.07, 6.45) is 0. The molecule has 0 spiro atoms. The molecule has 0 bridgehead atoms. The molecule has 0 aromatic heterocycles. The molecule has 0 saturated carbocycles. The van der Waals surface area contributed by atoms with Crippen LogP contribution in [0.2, 0.25) is 0 Å². The minimum absolute atomic E-state index is 0.0603. The van der Waals surface area contributed by atoms with E-state index in [0.717, 1.165) is 25.2 Å². The van der Waals surface area contributed by atoms with Gasteiger partial charge in [0.05, 0.1) is 0 Å². The van der Waals surface area contributed by atoms with Crippen molar-refractivity contribution in [3.8, 4) is 0 Å². The number of rotatable bonds is 4. The Morgan fingerprint density at radius 3 is 2.38 bits per heavy atom. The molecule has 1 heterocycles. The lowest BCUT2D eigenvalue weighted by molar-refractivity contribution is 0.0328. The molecule has 1 fully saturated rings. The normalized spacial score (nSPS) is 18.3. The van der Waals surface area contributed by atoms with Gasteiger partial charge in [0, 0.05) is 43.5 Å². The van der Waals surface area contributed by atoms with Gasteiger partial charge in [0.1, 0.15) is 5.82 Å². The highest BCUT2D eigenvalue weighted by molar-refractivity contribution is 5.94. The highest BCUT2D eigenvalue weighted by Crippen LogP contribution is 2.22. The third-order valence-electron chi connectivity index (χ3n) is 5.01. The first-order chi connectivity index (χ1) is 12.4. The first-order valence-corrected chi connectivity index (χ1v) is 9.07. The fraction of sp³-hybridized carbons (Fsp3) is 0.381. The smallest absolute Gasteiger partial charge is 0.254 e. The lowest BCUT2D eigenvalue weighted by Gasteiger charge is -2.43. The lowest BCUT2D eigenvalue weighted by atomic mass is 9.98. The zero-order valence-electron chi connectivity index (χ0n) is 15.4. The van der Waals surface area contributed by atoms with E-state index in [2.05, 4.69) is 18.7 Å². The summed E-state index contributed by atoms with van der Waals surface area (Å²) in [6, 6.07) is 13.9. The molecule has 2 N–H and O–H groups in total. The van der Waals surface area contributed by atoms with Gasteiger partial charge < -0.3 is 10.6 Å². The van der Waals surface area contributed by atoms with Crippen LogP contribution in [0.4, 0.5) is 10.1 Å². The molecule has 0 aliphatic carbocycles. The van der Waals surface area contributed by atoms with Gasteiger partial charge in [-0.1, -0.05) is 26.0 Å². The molecule has 1 saturated heterocycles. The number of anilines is 1. The zero-order chi connectivity index (χ0) is 18.7. The van der Waals surface area contributed by atoms with Crippen LogP contribution in [-0.4, -0.2) is 41.4 Å². The van der Waals surface area contributed by atoms with Gasteiger partial charge in [0.2, 0.25) is 0 Å². The fourth-order valence-electron chi connectivity index (χ4n) is 3.48. The first-order valence-electron chi connectivity index (χ1n) is 9.07. The average molecular weight is 355 g/mol. The number of piperazine rings is 1. The van der Waals surface area contributed by atoms with Crippen molar-refractivity contribution in [2.75, 3.05) is 25.4 Å². The number of halogens is 1. The van der Waals surface area contributed by atoms with E-state index in [1.165, 1.54) is 12.1 Å². The molecule has 5 heteroatoms. The quantitative estimate of drug-likeness (QED) is 0.856. The van der Waals surface area contributed by atoms with Crippen LogP contribution in [0.25, 0.3) is 0 Å². The van der Waals surface area contributed by atoms with E-state index in [0.29, 0.717) is 23.7 Å². The van der Waals surface area contributed by atoms with Gasteiger partial charge in [-0.15, -0.1) is 0 Å². The molecule has 1 atom stereocenters. The minimum Gasteiger partial charge on any atom is -0.399 e. The van der Waals surface area contributed by atoms with Crippen molar-refractivity contribution >= 4 is 11.6 Å². The summed E-state index contributed by atoms with van der Waals surface area (Å²) >= 11 is 0. The van der Waals surface area contributed by atoms with Crippen LogP contribution in [-0.2, 0) is 6.54 Å². The molecule has 26 heavy (non-hydrogen) atoms. The number of nitrogens with zero attached hydrogens (tertiary/aromatic N) is 2.